The Morgan fingerprint density at radius 1 is 1.67 bits per heavy atom. The summed E-state index contributed by atoms with van der Waals surface area (Å²) in [5, 5.41) is 5.68. The molecule has 1 aliphatic heterocycles. The molecule has 1 saturated heterocycles. The van der Waals surface area contributed by atoms with E-state index in [0.29, 0.717) is 0 Å². The summed E-state index contributed by atoms with van der Waals surface area (Å²) in [5.74, 6) is 0.140. The normalized spacial score (nSPS) is 22.4. The third-order valence-electron chi connectivity index (χ3n) is 1.81. The maximum absolute atomic E-state index is 11.0. The van der Waals surface area contributed by atoms with Crippen LogP contribution in [0.5, 0.6) is 0 Å². The van der Waals surface area contributed by atoms with E-state index in [9.17, 15) is 4.79 Å². The number of hydrogen-bond acceptors (Lipinski definition) is 2. The highest BCUT2D eigenvalue weighted by atomic mass is 16.2. The van der Waals surface area contributed by atoms with Gasteiger partial charge in [0.15, 0.2) is 0 Å². The van der Waals surface area contributed by atoms with Gasteiger partial charge in [0.2, 0.25) is 5.91 Å². The first-order valence-corrected chi connectivity index (χ1v) is 3.12. The van der Waals surface area contributed by atoms with Crippen molar-refractivity contribution < 1.29 is 4.79 Å². The second-order valence-corrected chi connectivity index (χ2v) is 2.74. The van der Waals surface area contributed by atoms with E-state index in [2.05, 4.69) is 10.6 Å². The standard InChI is InChI=1S/C6H12N2O/c1-6(3-8-4-6)5(9)7-2/h8H,3-4H2,1-2H3,(H,7,9). The number of rotatable bonds is 1. The van der Waals surface area contributed by atoms with Crippen LogP contribution >= 0.6 is 0 Å². The van der Waals surface area contributed by atoms with Crippen LogP contribution in [-0.2, 0) is 4.79 Å². The molecule has 3 nitrogen and oxygen atoms in total. The van der Waals surface area contributed by atoms with E-state index in [1.807, 2.05) is 6.92 Å². The van der Waals surface area contributed by atoms with Gasteiger partial charge < -0.3 is 10.6 Å². The summed E-state index contributed by atoms with van der Waals surface area (Å²) in [6.07, 6.45) is 0. The van der Waals surface area contributed by atoms with E-state index in [-0.39, 0.29) is 11.3 Å². The SMILES string of the molecule is CNC(=O)C1(C)CNC1. The van der Waals surface area contributed by atoms with E-state index in [0.717, 1.165) is 13.1 Å². The number of carbonyl (C=O) groups is 1. The van der Waals surface area contributed by atoms with Gasteiger partial charge in [-0.1, -0.05) is 0 Å². The Kier molecular flexibility index (Phi) is 1.45. The molecule has 1 aliphatic rings. The lowest BCUT2D eigenvalue weighted by Crippen LogP contribution is -2.59. The minimum Gasteiger partial charge on any atom is -0.359 e. The third-order valence-corrected chi connectivity index (χ3v) is 1.81. The van der Waals surface area contributed by atoms with Gasteiger partial charge in [-0.3, -0.25) is 4.79 Å². The highest BCUT2D eigenvalue weighted by Crippen LogP contribution is 2.20. The van der Waals surface area contributed by atoms with Crippen LogP contribution in [0.3, 0.4) is 0 Å². The van der Waals surface area contributed by atoms with Crippen molar-refractivity contribution in [1.82, 2.24) is 10.6 Å². The number of carbonyl (C=O) groups excluding carboxylic acids is 1. The van der Waals surface area contributed by atoms with E-state index in [1.54, 1.807) is 7.05 Å². The van der Waals surface area contributed by atoms with Crippen molar-refractivity contribution in [3.8, 4) is 0 Å². The average molecular weight is 128 g/mol. The maximum atomic E-state index is 11.0. The molecule has 0 unspecified atom stereocenters. The highest BCUT2D eigenvalue weighted by Gasteiger charge is 2.38. The van der Waals surface area contributed by atoms with Crippen molar-refractivity contribution in [1.29, 1.82) is 0 Å². The first-order chi connectivity index (χ1) is 4.19. The molecule has 0 radical (unpaired) electrons. The zero-order valence-corrected chi connectivity index (χ0v) is 5.82. The van der Waals surface area contributed by atoms with Crippen LogP contribution in [-0.4, -0.2) is 26.0 Å². The minimum atomic E-state index is -0.130. The van der Waals surface area contributed by atoms with Gasteiger partial charge >= 0.3 is 0 Å². The molecule has 1 amide bonds. The summed E-state index contributed by atoms with van der Waals surface area (Å²) in [6, 6.07) is 0. The lowest BCUT2D eigenvalue weighted by atomic mass is 9.83. The topological polar surface area (TPSA) is 41.1 Å². The molecule has 0 aromatic rings. The lowest BCUT2D eigenvalue weighted by molar-refractivity contribution is -0.132. The largest absolute Gasteiger partial charge is 0.359 e. The van der Waals surface area contributed by atoms with Crippen LogP contribution in [0.2, 0.25) is 0 Å². The fraction of sp³-hybridized carbons (Fsp3) is 0.833. The van der Waals surface area contributed by atoms with Crippen molar-refractivity contribution in [2.45, 2.75) is 6.92 Å². The van der Waals surface area contributed by atoms with Gasteiger partial charge in [-0.05, 0) is 6.92 Å². The van der Waals surface area contributed by atoms with Crippen molar-refractivity contribution in [3.63, 3.8) is 0 Å². The Morgan fingerprint density at radius 2 is 2.22 bits per heavy atom. The molecule has 0 aromatic heterocycles. The fourth-order valence-electron chi connectivity index (χ4n) is 0.962. The van der Waals surface area contributed by atoms with Crippen molar-refractivity contribution in [3.05, 3.63) is 0 Å². The molecular formula is C6H12N2O. The van der Waals surface area contributed by atoms with E-state index >= 15 is 0 Å². The minimum absolute atomic E-state index is 0.130. The van der Waals surface area contributed by atoms with Crippen molar-refractivity contribution in [2.75, 3.05) is 20.1 Å². The van der Waals surface area contributed by atoms with Gasteiger partial charge in [0, 0.05) is 20.1 Å². The zero-order valence-electron chi connectivity index (χ0n) is 5.82. The van der Waals surface area contributed by atoms with Crippen LogP contribution in [0.4, 0.5) is 0 Å². The monoisotopic (exact) mass is 128 g/mol. The summed E-state index contributed by atoms with van der Waals surface area (Å²) in [6.45, 7) is 3.58. The Hall–Kier alpha value is -0.570. The third kappa shape index (κ3) is 0.920. The Balaban J connectivity index is 2.49. The average Bonchev–Trinajstić information content (AvgIpc) is 1.81. The number of amides is 1. The Morgan fingerprint density at radius 3 is 2.33 bits per heavy atom. The van der Waals surface area contributed by atoms with Crippen molar-refractivity contribution in [2.24, 2.45) is 5.41 Å². The molecule has 1 heterocycles. The Bertz CT molecular complexity index is 129. The number of nitrogens with one attached hydrogen (secondary N) is 2. The molecule has 0 spiro atoms. The van der Waals surface area contributed by atoms with Crippen molar-refractivity contribution >= 4 is 5.91 Å². The van der Waals surface area contributed by atoms with Gasteiger partial charge in [0.05, 0.1) is 5.41 Å². The first kappa shape index (κ1) is 6.55. The second kappa shape index (κ2) is 1.99. The molecule has 2 N–H and O–H groups in total. The van der Waals surface area contributed by atoms with E-state index in [1.165, 1.54) is 0 Å². The van der Waals surface area contributed by atoms with Gasteiger partial charge in [0.1, 0.15) is 0 Å². The summed E-state index contributed by atoms with van der Waals surface area (Å²) >= 11 is 0. The second-order valence-electron chi connectivity index (χ2n) is 2.74. The highest BCUT2D eigenvalue weighted by molar-refractivity contribution is 5.83. The van der Waals surface area contributed by atoms with Crippen LogP contribution < -0.4 is 10.6 Å². The smallest absolute Gasteiger partial charge is 0.228 e. The molecular weight excluding hydrogens is 116 g/mol. The molecule has 52 valence electrons. The molecule has 1 fully saturated rings. The number of hydrogen-bond donors (Lipinski definition) is 2. The van der Waals surface area contributed by atoms with Crippen LogP contribution in [0, 0.1) is 5.41 Å². The maximum Gasteiger partial charge on any atom is 0.228 e. The predicted octanol–water partition coefficient (Wildman–Crippen LogP) is -0.658. The van der Waals surface area contributed by atoms with Crippen LogP contribution in [0.25, 0.3) is 0 Å². The molecule has 0 saturated carbocycles. The molecule has 9 heavy (non-hydrogen) atoms. The lowest BCUT2D eigenvalue weighted by Gasteiger charge is -2.36. The Labute approximate surface area is 54.8 Å². The molecule has 0 atom stereocenters. The van der Waals surface area contributed by atoms with Crippen LogP contribution in [0.1, 0.15) is 6.92 Å². The van der Waals surface area contributed by atoms with Gasteiger partial charge in [-0.2, -0.15) is 0 Å². The van der Waals surface area contributed by atoms with Gasteiger partial charge in [0.25, 0.3) is 0 Å². The molecule has 1 rings (SSSR count). The quantitative estimate of drug-likeness (QED) is 0.492. The van der Waals surface area contributed by atoms with E-state index in [4.69, 9.17) is 0 Å². The predicted molar refractivity (Wildman–Crippen MR) is 35.0 cm³/mol. The zero-order chi connectivity index (χ0) is 6.91. The molecule has 0 bridgehead atoms. The molecule has 0 aliphatic carbocycles. The van der Waals surface area contributed by atoms with Gasteiger partial charge in [-0.15, -0.1) is 0 Å². The first-order valence-electron chi connectivity index (χ1n) is 3.12. The fourth-order valence-corrected chi connectivity index (χ4v) is 0.962. The summed E-state index contributed by atoms with van der Waals surface area (Å²) in [7, 11) is 1.67. The van der Waals surface area contributed by atoms with E-state index < -0.39 is 0 Å². The van der Waals surface area contributed by atoms with Crippen LogP contribution in [0.15, 0.2) is 0 Å². The summed E-state index contributed by atoms with van der Waals surface area (Å²) in [5.41, 5.74) is -0.130. The molecule has 0 aromatic carbocycles. The van der Waals surface area contributed by atoms with Gasteiger partial charge in [-0.25, -0.2) is 0 Å². The summed E-state index contributed by atoms with van der Waals surface area (Å²) in [4.78, 5) is 11.0. The summed E-state index contributed by atoms with van der Waals surface area (Å²) < 4.78 is 0. The molecule has 3 heteroatoms.